The first-order valence-electron chi connectivity index (χ1n) is 9.17. The van der Waals surface area contributed by atoms with E-state index in [2.05, 4.69) is 69.3 Å². The van der Waals surface area contributed by atoms with Gasteiger partial charge in [0.25, 0.3) is 0 Å². The van der Waals surface area contributed by atoms with Crippen molar-refractivity contribution >= 4 is 24.7 Å². The third-order valence-corrected chi connectivity index (χ3v) is 5.85. The Hall–Kier alpha value is -2.48. The van der Waals surface area contributed by atoms with Crippen LogP contribution in [-0.4, -0.2) is 13.3 Å². The van der Waals surface area contributed by atoms with Crippen molar-refractivity contribution in [2.45, 2.75) is 38.6 Å². The van der Waals surface area contributed by atoms with Crippen molar-refractivity contribution in [1.82, 2.24) is 0 Å². The normalized spacial score (nSPS) is 21.8. The molecule has 1 heterocycles. The fraction of sp³-hybridized carbons (Fsp3) is 0.250. The van der Waals surface area contributed by atoms with E-state index in [1.165, 1.54) is 38.8 Å². The lowest BCUT2D eigenvalue weighted by Crippen LogP contribution is -2.33. The Morgan fingerprint density at radius 2 is 1.69 bits per heavy atom. The predicted molar refractivity (Wildman–Crippen MR) is 110 cm³/mol. The summed E-state index contributed by atoms with van der Waals surface area (Å²) >= 11 is 0. The number of fused-ring (bicyclic) bond motifs is 8. The zero-order chi connectivity index (χ0) is 18.3. The summed E-state index contributed by atoms with van der Waals surface area (Å²) in [4.78, 5) is 0. The molecule has 0 fully saturated rings. The summed E-state index contributed by atoms with van der Waals surface area (Å²) in [5.74, 6) is 0.907. The first kappa shape index (κ1) is 15.8. The first-order chi connectivity index (χ1) is 12.3. The van der Waals surface area contributed by atoms with Crippen molar-refractivity contribution in [2.75, 3.05) is 0 Å². The lowest BCUT2D eigenvalue weighted by molar-refractivity contribution is 0.226. The molecule has 0 N–H and O–H groups in total. The average molecular weight is 336 g/mol. The molecule has 0 bridgehead atoms. The molecule has 0 spiro atoms. The van der Waals surface area contributed by atoms with E-state index >= 15 is 0 Å². The largest absolute Gasteiger partial charge is 0.492 e. The van der Waals surface area contributed by atoms with Gasteiger partial charge in [0.2, 0.25) is 0 Å². The molecule has 1 nitrogen and oxygen atoms in total. The molecule has 2 radical (unpaired) electrons. The quantitative estimate of drug-likeness (QED) is 0.475. The van der Waals surface area contributed by atoms with Crippen molar-refractivity contribution in [3.8, 4) is 16.9 Å². The van der Waals surface area contributed by atoms with E-state index in [0.29, 0.717) is 0 Å². The molecule has 2 heteroatoms. The van der Waals surface area contributed by atoms with Crippen LogP contribution >= 0.6 is 0 Å². The fourth-order valence-corrected chi connectivity index (χ4v) is 4.66. The Morgan fingerprint density at radius 3 is 2.46 bits per heavy atom. The summed E-state index contributed by atoms with van der Waals surface area (Å²) in [6.07, 6.45) is 4.12. The average Bonchev–Trinajstić information content (AvgIpc) is 2.82. The maximum Gasteiger partial charge on any atom is 0.137 e. The summed E-state index contributed by atoms with van der Waals surface area (Å²) in [5.41, 5.74) is 7.01. The first-order valence-corrected chi connectivity index (χ1v) is 9.17. The highest BCUT2D eigenvalue weighted by atomic mass is 16.5. The summed E-state index contributed by atoms with van der Waals surface area (Å²) < 4.78 is 6.26. The molecule has 0 aromatic heterocycles. The number of ether oxygens (including phenoxy) is 1. The number of aryl methyl sites for hydroxylation is 1. The van der Waals surface area contributed by atoms with Crippen molar-refractivity contribution in [1.29, 1.82) is 0 Å². The van der Waals surface area contributed by atoms with Crippen LogP contribution in [0.25, 0.3) is 28.0 Å². The molecule has 1 aliphatic carbocycles. The van der Waals surface area contributed by atoms with Crippen LogP contribution in [0.1, 0.15) is 43.0 Å². The second-order valence-corrected chi connectivity index (χ2v) is 8.33. The van der Waals surface area contributed by atoms with Crippen LogP contribution in [0, 0.1) is 6.92 Å². The van der Waals surface area contributed by atoms with Crippen LogP contribution in [0.2, 0.25) is 0 Å². The van der Waals surface area contributed by atoms with Gasteiger partial charge in [0, 0.05) is 16.4 Å². The van der Waals surface area contributed by atoms with E-state index < -0.39 is 5.50 Å². The van der Waals surface area contributed by atoms with Gasteiger partial charge in [-0.05, 0) is 41.5 Å². The van der Waals surface area contributed by atoms with Crippen LogP contribution in [0.15, 0.2) is 48.5 Å². The van der Waals surface area contributed by atoms with Crippen LogP contribution in [0.3, 0.4) is 0 Å². The second-order valence-electron chi connectivity index (χ2n) is 8.33. The SMILES string of the molecule is [B]C1(C)C=Cc2c3c(c4ccccc4c2O1)-c1ccc(C)cc1C3(C)C. The van der Waals surface area contributed by atoms with E-state index in [0.717, 1.165) is 11.1 Å². The van der Waals surface area contributed by atoms with Gasteiger partial charge < -0.3 is 4.74 Å². The number of rotatable bonds is 0. The fourth-order valence-electron chi connectivity index (χ4n) is 4.66. The van der Waals surface area contributed by atoms with Crippen LogP contribution < -0.4 is 4.74 Å². The van der Waals surface area contributed by atoms with Gasteiger partial charge in [0.05, 0.1) is 5.50 Å². The molecule has 3 aromatic rings. The highest BCUT2D eigenvalue weighted by molar-refractivity contribution is 6.17. The Bertz CT molecular complexity index is 1120. The molecule has 1 unspecified atom stereocenters. The third-order valence-electron chi connectivity index (χ3n) is 5.85. The van der Waals surface area contributed by atoms with Gasteiger partial charge in [-0.25, -0.2) is 0 Å². The highest BCUT2D eigenvalue weighted by Gasteiger charge is 2.41. The zero-order valence-corrected chi connectivity index (χ0v) is 15.7. The smallest absolute Gasteiger partial charge is 0.137 e. The maximum absolute atomic E-state index is 6.29. The molecule has 1 aliphatic heterocycles. The monoisotopic (exact) mass is 336 g/mol. The van der Waals surface area contributed by atoms with Gasteiger partial charge in [-0.2, -0.15) is 0 Å². The summed E-state index contributed by atoms with van der Waals surface area (Å²) in [6.45, 7) is 8.69. The summed E-state index contributed by atoms with van der Waals surface area (Å²) in [7, 11) is 6.29. The molecule has 2 aliphatic rings. The van der Waals surface area contributed by atoms with Crippen molar-refractivity contribution in [3.05, 3.63) is 70.8 Å². The van der Waals surface area contributed by atoms with Gasteiger partial charge in [-0.15, -0.1) is 0 Å². The Balaban J connectivity index is 1.99. The molecule has 0 amide bonds. The molecular weight excluding hydrogens is 315 g/mol. The summed E-state index contributed by atoms with van der Waals surface area (Å²) in [6, 6.07) is 15.3. The topological polar surface area (TPSA) is 9.23 Å². The van der Waals surface area contributed by atoms with Gasteiger partial charge in [-0.1, -0.05) is 74.0 Å². The molecule has 1 atom stereocenters. The van der Waals surface area contributed by atoms with Gasteiger partial charge in [0.15, 0.2) is 0 Å². The minimum Gasteiger partial charge on any atom is -0.492 e. The van der Waals surface area contributed by atoms with Crippen molar-refractivity contribution in [3.63, 3.8) is 0 Å². The molecular formula is C24H21BO. The molecule has 5 rings (SSSR count). The maximum atomic E-state index is 6.29. The van der Waals surface area contributed by atoms with E-state index in [9.17, 15) is 0 Å². The standard InChI is InChI=1S/C24H21BO/c1-14-9-10-17-19(13-14)23(2,3)21-18-11-12-24(4,25)26-22(18)16-8-6-5-7-15(16)20(17)21/h5-13H,1-4H3. The van der Waals surface area contributed by atoms with Gasteiger partial charge in [-0.3, -0.25) is 0 Å². The lowest BCUT2D eigenvalue weighted by atomic mass is 9.76. The van der Waals surface area contributed by atoms with Crippen LogP contribution in [0.4, 0.5) is 0 Å². The molecule has 0 saturated carbocycles. The summed E-state index contributed by atoms with van der Waals surface area (Å²) in [5, 5.41) is 2.37. The predicted octanol–water partition coefficient (Wildman–Crippen LogP) is 5.74. The number of hydrogen-bond donors (Lipinski definition) is 0. The van der Waals surface area contributed by atoms with Crippen LogP contribution in [-0.2, 0) is 5.41 Å². The highest BCUT2D eigenvalue weighted by Crippen LogP contribution is 2.56. The molecule has 26 heavy (non-hydrogen) atoms. The Labute approximate surface area is 156 Å². The van der Waals surface area contributed by atoms with E-state index in [1.807, 2.05) is 13.0 Å². The minimum atomic E-state index is -0.782. The lowest BCUT2D eigenvalue weighted by Gasteiger charge is -2.33. The second kappa shape index (κ2) is 4.82. The van der Waals surface area contributed by atoms with E-state index in [-0.39, 0.29) is 5.41 Å². The third kappa shape index (κ3) is 1.93. The van der Waals surface area contributed by atoms with E-state index in [4.69, 9.17) is 12.6 Å². The van der Waals surface area contributed by atoms with Crippen molar-refractivity contribution < 1.29 is 4.74 Å². The number of hydrogen-bond acceptors (Lipinski definition) is 1. The number of benzene rings is 3. The van der Waals surface area contributed by atoms with Crippen LogP contribution in [0.5, 0.6) is 5.75 Å². The molecule has 0 saturated heterocycles. The Morgan fingerprint density at radius 1 is 0.962 bits per heavy atom. The van der Waals surface area contributed by atoms with Gasteiger partial charge in [0.1, 0.15) is 13.6 Å². The Kier molecular flexibility index (Phi) is 2.92. The van der Waals surface area contributed by atoms with Crippen molar-refractivity contribution in [2.24, 2.45) is 0 Å². The molecule has 3 aromatic carbocycles. The van der Waals surface area contributed by atoms with E-state index in [1.54, 1.807) is 0 Å². The zero-order valence-electron chi connectivity index (χ0n) is 15.7. The minimum absolute atomic E-state index is 0.0825. The molecule has 126 valence electrons. The van der Waals surface area contributed by atoms with Gasteiger partial charge >= 0.3 is 0 Å².